The fraction of sp³-hybridized carbons (Fsp3) is 0.158. The van der Waals surface area contributed by atoms with Crippen molar-refractivity contribution >= 4 is 22.5 Å². The average molecular weight is 348 g/mol. The van der Waals surface area contributed by atoms with Gasteiger partial charge in [0.2, 0.25) is 11.7 Å². The maximum atomic E-state index is 5.38. The van der Waals surface area contributed by atoms with Gasteiger partial charge in [-0.25, -0.2) is 0 Å². The van der Waals surface area contributed by atoms with Crippen LogP contribution in [0.2, 0.25) is 0 Å². The van der Waals surface area contributed by atoms with Crippen LogP contribution >= 0.6 is 11.8 Å². The SMILES string of the molecule is CCc1ccc(-c2noc(CSc3nncc4ccccc34)n2)cc1. The Balaban J connectivity index is 1.51. The summed E-state index contributed by atoms with van der Waals surface area (Å²) in [4.78, 5) is 4.48. The van der Waals surface area contributed by atoms with Crippen molar-refractivity contribution in [2.24, 2.45) is 0 Å². The summed E-state index contributed by atoms with van der Waals surface area (Å²) in [6.45, 7) is 2.13. The topological polar surface area (TPSA) is 64.7 Å². The lowest BCUT2D eigenvalue weighted by Crippen LogP contribution is -1.89. The second-order valence-electron chi connectivity index (χ2n) is 5.59. The molecule has 0 fully saturated rings. The van der Waals surface area contributed by atoms with E-state index in [1.807, 2.05) is 36.4 Å². The fourth-order valence-electron chi connectivity index (χ4n) is 2.56. The number of rotatable bonds is 5. The highest BCUT2D eigenvalue weighted by molar-refractivity contribution is 7.98. The Bertz CT molecular complexity index is 992. The quantitative estimate of drug-likeness (QED) is 0.494. The van der Waals surface area contributed by atoms with Crippen LogP contribution in [0.1, 0.15) is 18.4 Å². The van der Waals surface area contributed by atoms with Crippen LogP contribution in [0.5, 0.6) is 0 Å². The highest BCUT2D eigenvalue weighted by Gasteiger charge is 2.11. The Morgan fingerprint density at radius 3 is 2.72 bits per heavy atom. The van der Waals surface area contributed by atoms with Gasteiger partial charge in [0.25, 0.3) is 0 Å². The molecule has 0 aliphatic carbocycles. The number of benzene rings is 2. The number of thioether (sulfide) groups is 1. The van der Waals surface area contributed by atoms with Crippen LogP contribution in [0.4, 0.5) is 0 Å². The third-order valence-corrected chi connectivity index (χ3v) is 4.92. The molecule has 0 atom stereocenters. The van der Waals surface area contributed by atoms with Crippen LogP contribution in [-0.2, 0) is 12.2 Å². The highest BCUT2D eigenvalue weighted by Crippen LogP contribution is 2.27. The van der Waals surface area contributed by atoms with Gasteiger partial charge >= 0.3 is 0 Å². The van der Waals surface area contributed by atoms with Crippen molar-refractivity contribution in [1.82, 2.24) is 20.3 Å². The molecule has 6 heteroatoms. The molecule has 0 unspecified atom stereocenters. The number of aryl methyl sites for hydroxylation is 1. The van der Waals surface area contributed by atoms with Gasteiger partial charge < -0.3 is 4.52 Å². The molecule has 0 N–H and O–H groups in total. The zero-order chi connectivity index (χ0) is 17.1. The molecule has 4 rings (SSSR count). The molecule has 2 aromatic carbocycles. The molecule has 0 radical (unpaired) electrons. The second kappa shape index (κ2) is 7.03. The van der Waals surface area contributed by atoms with Crippen LogP contribution in [0.15, 0.2) is 64.3 Å². The maximum absolute atomic E-state index is 5.38. The molecule has 0 spiro atoms. The summed E-state index contributed by atoms with van der Waals surface area (Å²) >= 11 is 1.55. The van der Waals surface area contributed by atoms with E-state index in [0.717, 1.165) is 27.8 Å². The highest BCUT2D eigenvalue weighted by atomic mass is 32.2. The number of nitrogens with zero attached hydrogens (tertiary/aromatic N) is 4. The summed E-state index contributed by atoms with van der Waals surface area (Å²) in [6, 6.07) is 16.3. The van der Waals surface area contributed by atoms with E-state index in [2.05, 4.69) is 39.4 Å². The molecular formula is C19H16N4OS. The minimum Gasteiger partial charge on any atom is -0.338 e. The molecular weight excluding hydrogens is 332 g/mol. The molecule has 0 aliphatic heterocycles. The van der Waals surface area contributed by atoms with Crippen molar-refractivity contribution < 1.29 is 4.52 Å². The van der Waals surface area contributed by atoms with Crippen molar-refractivity contribution in [1.29, 1.82) is 0 Å². The van der Waals surface area contributed by atoms with E-state index in [4.69, 9.17) is 4.52 Å². The molecule has 2 heterocycles. The van der Waals surface area contributed by atoms with Gasteiger partial charge in [-0.15, -0.1) is 5.10 Å². The molecule has 0 aliphatic rings. The molecule has 0 saturated heterocycles. The normalized spacial score (nSPS) is 11.1. The van der Waals surface area contributed by atoms with Gasteiger partial charge in [0.15, 0.2) is 0 Å². The molecule has 25 heavy (non-hydrogen) atoms. The molecule has 2 aromatic heterocycles. The van der Waals surface area contributed by atoms with Crippen LogP contribution < -0.4 is 0 Å². The molecule has 4 aromatic rings. The lowest BCUT2D eigenvalue weighted by Gasteiger charge is -2.01. The Morgan fingerprint density at radius 1 is 1.04 bits per heavy atom. The number of aromatic nitrogens is 4. The minimum atomic E-state index is 0.558. The van der Waals surface area contributed by atoms with E-state index in [1.165, 1.54) is 5.56 Å². The standard InChI is InChI=1S/C19H16N4OS/c1-2-13-7-9-14(10-8-13)18-21-17(24-23-18)12-25-19-16-6-4-3-5-15(16)11-20-22-19/h3-11H,2,12H2,1H3. The largest absolute Gasteiger partial charge is 0.338 e. The van der Waals surface area contributed by atoms with Gasteiger partial charge in [0.1, 0.15) is 5.03 Å². The van der Waals surface area contributed by atoms with Crippen LogP contribution in [-0.4, -0.2) is 20.3 Å². The van der Waals surface area contributed by atoms with Crippen LogP contribution in [0.25, 0.3) is 22.2 Å². The van der Waals surface area contributed by atoms with E-state index in [-0.39, 0.29) is 0 Å². The van der Waals surface area contributed by atoms with E-state index in [0.29, 0.717) is 17.5 Å². The Kier molecular flexibility index (Phi) is 4.43. The van der Waals surface area contributed by atoms with Gasteiger partial charge in [-0.05, 0) is 12.0 Å². The molecule has 0 amide bonds. The molecule has 0 bridgehead atoms. The summed E-state index contributed by atoms with van der Waals surface area (Å²) in [7, 11) is 0. The van der Waals surface area contributed by atoms with E-state index in [9.17, 15) is 0 Å². The number of hydrogen-bond donors (Lipinski definition) is 0. The van der Waals surface area contributed by atoms with Crippen molar-refractivity contribution in [3.05, 3.63) is 66.2 Å². The van der Waals surface area contributed by atoms with Gasteiger partial charge in [-0.1, -0.05) is 72.4 Å². The summed E-state index contributed by atoms with van der Waals surface area (Å²) in [5.41, 5.74) is 2.25. The number of fused-ring (bicyclic) bond motifs is 1. The molecule has 5 nitrogen and oxygen atoms in total. The second-order valence-corrected chi connectivity index (χ2v) is 6.55. The van der Waals surface area contributed by atoms with Crippen molar-refractivity contribution in [3.8, 4) is 11.4 Å². The van der Waals surface area contributed by atoms with Crippen molar-refractivity contribution in [3.63, 3.8) is 0 Å². The lowest BCUT2D eigenvalue weighted by atomic mass is 10.1. The summed E-state index contributed by atoms with van der Waals surface area (Å²) in [5, 5.41) is 15.4. The maximum Gasteiger partial charge on any atom is 0.237 e. The summed E-state index contributed by atoms with van der Waals surface area (Å²) in [5.74, 6) is 1.75. The summed E-state index contributed by atoms with van der Waals surface area (Å²) in [6.07, 6.45) is 2.78. The van der Waals surface area contributed by atoms with Gasteiger partial charge in [0.05, 0.1) is 11.9 Å². The van der Waals surface area contributed by atoms with Crippen LogP contribution in [0, 0.1) is 0 Å². The minimum absolute atomic E-state index is 0.558. The third kappa shape index (κ3) is 3.39. The predicted octanol–water partition coefficient (Wildman–Crippen LogP) is 4.53. The van der Waals surface area contributed by atoms with Crippen LogP contribution in [0.3, 0.4) is 0 Å². The Hall–Kier alpha value is -2.73. The van der Waals surface area contributed by atoms with Crippen molar-refractivity contribution in [2.45, 2.75) is 24.1 Å². The van der Waals surface area contributed by atoms with E-state index in [1.54, 1.807) is 18.0 Å². The van der Waals surface area contributed by atoms with Gasteiger partial charge in [-0.2, -0.15) is 10.1 Å². The lowest BCUT2D eigenvalue weighted by molar-refractivity contribution is 0.391. The first kappa shape index (κ1) is 15.8. The zero-order valence-corrected chi connectivity index (χ0v) is 14.5. The monoisotopic (exact) mass is 348 g/mol. The zero-order valence-electron chi connectivity index (χ0n) is 13.7. The smallest absolute Gasteiger partial charge is 0.237 e. The first-order valence-corrected chi connectivity index (χ1v) is 9.07. The van der Waals surface area contributed by atoms with Gasteiger partial charge in [0, 0.05) is 16.3 Å². The van der Waals surface area contributed by atoms with E-state index < -0.39 is 0 Å². The third-order valence-electron chi connectivity index (χ3n) is 3.96. The fourth-order valence-corrected chi connectivity index (χ4v) is 3.38. The number of hydrogen-bond acceptors (Lipinski definition) is 6. The van der Waals surface area contributed by atoms with Gasteiger partial charge in [-0.3, -0.25) is 0 Å². The average Bonchev–Trinajstić information content (AvgIpc) is 3.15. The molecule has 0 saturated carbocycles. The Labute approximate surface area is 149 Å². The first-order valence-electron chi connectivity index (χ1n) is 8.08. The first-order chi connectivity index (χ1) is 12.3. The summed E-state index contributed by atoms with van der Waals surface area (Å²) < 4.78 is 5.38. The Morgan fingerprint density at radius 2 is 1.88 bits per heavy atom. The van der Waals surface area contributed by atoms with Crippen molar-refractivity contribution in [2.75, 3.05) is 0 Å². The predicted molar refractivity (Wildman–Crippen MR) is 98.2 cm³/mol. The van der Waals surface area contributed by atoms with E-state index >= 15 is 0 Å². The molecule has 124 valence electrons.